The zero-order valence-corrected chi connectivity index (χ0v) is 19.7. The van der Waals surface area contributed by atoms with E-state index in [4.69, 9.17) is 4.74 Å². The number of nitrogens with one attached hydrogen (secondary N) is 1. The highest BCUT2D eigenvalue weighted by atomic mass is 32.2. The molecule has 170 valence electrons. The van der Waals surface area contributed by atoms with Crippen LogP contribution in [-0.2, 0) is 16.4 Å². The molecule has 1 fully saturated rings. The van der Waals surface area contributed by atoms with Crippen LogP contribution < -0.4 is 14.4 Å². The molecule has 0 aliphatic carbocycles. The molecule has 1 aliphatic rings. The Hall–Kier alpha value is -2.09. The molecule has 0 atom stereocenters. The second-order valence-electron chi connectivity index (χ2n) is 8.63. The fraction of sp³-hybridized carbons (Fsp3) is 0.500. The van der Waals surface area contributed by atoms with Crippen molar-refractivity contribution in [2.24, 2.45) is 5.92 Å². The Balaban J connectivity index is 1.43. The van der Waals surface area contributed by atoms with Crippen LogP contribution in [-0.4, -0.2) is 59.7 Å². The molecule has 0 aromatic heterocycles. The second-order valence-corrected chi connectivity index (χ2v) is 10.4. The first kappa shape index (κ1) is 23.6. The third-order valence-corrected chi connectivity index (χ3v) is 6.93. The lowest BCUT2D eigenvalue weighted by atomic mass is 10.1. The van der Waals surface area contributed by atoms with Crippen molar-refractivity contribution in [1.82, 2.24) is 9.62 Å². The average Bonchev–Trinajstić information content (AvgIpc) is 2.77. The van der Waals surface area contributed by atoms with Gasteiger partial charge in [0.15, 0.2) is 0 Å². The maximum absolute atomic E-state index is 12.5. The minimum atomic E-state index is -3.50. The number of benzene rings is 2. The molecule has 1 aliphatic heterocycles. The van der Waals surface area contributed by atoms with E-state index in [0.717, 1.165) is 39.0 Å². The van der Waals surface area contributed by atoms with Gasteiger partial charge in [0.2, 0.25) is 10.0 Å². The minimum Gasteiger partial charge on any atom is -0.493 e. The molecule has 2 aromatic carbocycles. The molecule has 1 N–H and O–H groups in total. The van der Waals surface area contributed by atoms with Gasteiger partial charge in [-0.3, -0.25) is 0 Å². The van der Waals surface area contributed by atoms with E-state index in [1.54, 1.807) is 24.3 Å². The Morgan fingerprint density at radius 3 is 2.23 bits per heavy atom. The van der Waals surface area contributed by atoms with Crippen molar-refractivity contribution >= 4 is 15.7 Å². The Labute approximate surface area is 187 Å². The summed E-state index contributed by atoms with van der Waals surface area (Å²) in [5, 5.41) is 0. The van der Waals surface area contributed by atoms with Gasteiger partial charge in [0.25, 0.3) is 0 Å². The standard InChI is InChI=1S/C24H35N3O3S/c1-20(2)19-30-23-10-12-24(13-11-23)31(28,29)25-14-4-5-21-6-8-22(9-7-21)27-17-15-26(3)16-18-27/h6-13,20,25H,4-5,14-19H2,1-3H3. The zero-order chi connectivity index (χ0) is 22.3. The minimum absolute atomic E-state index is 0.265. The number of hydrogen-bond donors (Lipinski definition) is 1. The molecule has 2 aromatic rings. The van der Waals surface area contributed by atoms with Crippen molar-refractivity contribution in [2.75, 3.05) is 51.3 Å². The van der Waals surface area contributed by atoms with E-state index in [1.165, 1.54) is 11.3 Å². The summed E-state index contributed by atoms with van der Waals surface area (Å²) in [5.41, 5.74) is 2.49. The predicted octanol–water partition coefficient (Wildman–Crippen LogP) is 3.38. The molecule has 6 nitrogen and oxygen atoms in total. The predicted molar refractivity (Wildman–Crippen MR) is 126 cm³/mol. The van der Waals surface area contributed by atoms with E-state index in [9.17, 15) is 8.42 Å². The lowest BCUT2D eigenvalue weighted by Gasteiger charge is -2.34. The molecule has 31 heavy (non-hydrogen) atoms. The van der Waals surface area contributed by atoms with Crippen molar-refractivity contribution in [3.8, 4) is 5.75 Å². The molecular formula is C24H35N3O3S. The van der Waals surface area contributed by atoms with E-state index < -0.39 is 10.0 Å². The maximum atomic E-state index is 12.5. The van der Waals surface area contributed by atoms with E-state index in [-0.39, 0.29) is 4.90 Å². The summed E-state index contributed by atoms with van der Waals surface area (Å²) in [6.07, 6.45) is 1.59. The maximum Gasteiger partial charge on any atom is 0.240 e. The van der Waals surface area contributed by atoms with Crippen LogP contribution >= 0.6 is 0 Å². The summed E-state index contributed by atoms with van der Waals surface area (Å²) in [7, 11) is -1.35. The van der Waals surface area contributed by atoms with Crippen molar-refractivity contribution in [3.63, 3.8) is 0 Å². The second kappa shape index (κ2) is 11.0. The molecule has 1 saturated heterocycles. The fourth-order valence-electron chi connectivity index (χ4n) is 3.50. The monoisotopic (exact) mass is 445 g/mol. The van der Waals surface area contributed by atoms with Crippen molar-refractivity contribution in [2.45, 2.75) is 31.6 Å². The van der Waals surface area contributed by atoms with Crippen molar-refractivity contribution in [1.29, 1.82) is 0 Å². The van der Waals surface area contributed by atoms with Crippen LogP contribution in [0, 0.1) is 5.92 Å². The summed E-state index contributed by atoms with van der Waals surface area (Å²) in [6, 6.07) is 15.2. The van der Waals surface area contributed by atoms with Crippen molar-refractivity contribution < 1.29 is 13.2 Å². The molecule has 0 radical (unpaired) electrons. The molecule has 3 rings (SSSR count). The number of aryl methyl sites for hydroxylation is 1. The molecular weight excluding hydrogens is 410 g/mol. The highest BCUT2D eigenvalue weighted by Crippen LogP contribution is 2.19. The van der Waals surface area contributed by atoms with Crippen LogP contribution in [0.5, 0.6) is 5.75 Å². The van der Waals surface area contributed by atoms with Gasteiger partial charge in [0.1, 0.15) is 5.75 Å². The Bertz CT molecular complexity index is 904. The lowest BCUT2D eigenvalue weighted by Crippen LogP contribution is -2.44. The number of nitrogens with zero attached hydrogens (tertiary/aromatic N) is 2. The highest BCUT2D eigenvalue weighted by Gasteiger charge is 2.15. The van der Waals surface area contributed by atoms with Gasteiger partial charge < -0.3 is 14.5 Å². The first-order valence-electron chi connectivity index (χ1n) is 11.1. The van der Waals surface area contributed by atoms with Crippen LogP contribution in [0.4, 0.5) is 5.69 Å². The SMILES string of the molecule is CC(C)COc1ccc(S(=O)(=O)NCCCc2ccc(N3CCN(C)CC3)cc2)cc1. The summed E-state index contributed by atoms with van der Waals surface area (Å²) in [6.45, 7) is 9.47. The Kier molecular flexibility index (Phi) is 8.35. The van der Waals surface area contributed by atoms with E-state index in [0.29, 0.717) is 24.8 Å². The first-order valence-corrected chi connectivity index (χ1v) is 12.6. The molecule has 7 heteroatoms. The van der Waals surface area contributed by atoms with Gasteiger partial charge in [-0.15, -0.1) is 0 Å². The van der Waals surface area contributed by atoms with E-state index in [1.807, 2.05) is 0 Å². The number of hydrogen-bond acceptors (Lipinski definition) is 5. The fourth-order valence-corrected chi connectivity index (χ4v) is 4.57. The summed E-state index contributed by atoms with van der Waals surface area (Å²) >= 11 is 0. The quantitative estimate of drug-likeness (QED) is 0.568. The van der Waals surface area contributed by atoms with Gasteiger partial charge in [-0.25, -0.2) is 13.1 Å². The highest BCUT2D eigenvalue weighted by molar-refractivity contribution is 7.89. The average molecular weight is 446 g/mol. The summed E-state index contributed by atoms with van der Waals surface area (Å²) in [4.78, 5) is 5.03. The molecule has 0 bridgehead atoms. The zero-order valence-electron chi connectivity index (χ0n) is 18.9. The third kappa shape index (κ3) is 7.23. The first-order chi connectivity index (χ1) is 14.8. The van der Waals surface area contributed by atoms with Gasteiger partial charge in [-0.1, -0.05) is 26.0 Å². The van der Waals surface area contributed by atoms with Gasteiger partial charge >= 0.3 is 0 Å². The lowest BCUT2D eigenvalue weighted by molar-refractivity contribution is 0.271. The number of piperazine rings is 1. The van der Waals surface area contributed by atoms with Gasteiger partial charge in [0, 0.05) is 38.4 Å². The Morgan fingerprint density at radius 2 is 1.61 bits per heavy atom. The van der Waals surface area contributed by atoms with E-state index >= 15 is 0 Å². The molecule has 0 saturated carbocycles. The van der Waals surface area contributed by atoms with Gasteiger partial charge in [-0.2, -0.15) is 0 Å². The van der Waals surface area contributed by atoms with Gasteiger partial charge in [-0.05, 0) is 67.8 Å². The van der Waals surface area contributed by atoms with Crippen LogP contribution in [0.1, 0.15) is 25.8 Å². The normalized spacial score (nSPS) is 15.4. The van der Waals surface area contributed by atoms with Crippen LogP contribution in [0.2, 0.25) is 0 Å². The summed E-state index contributed by atoms with van der Waals surface area (Å²) in [5.74, 6) is 1.11. The van der Waals surface area contributed by atoms with Crippen LogP contribution in [0.15, 0.2) is 53.4 Å². The van der Waals surface area contributed by atoms with Gasteiger partial charge in [0.05, 0.1) is 11.5 Å². The van der Waals surface area contributed by atoms with Crippen LogP contribution in [0.25, 0.3) is 0 Å². The largest absolute Gasteiger partial charge is 0.493 e. The molecule has 0 spiro atoms. The molecule has 1 heterocycles. The van der Waals surface area contributed by atoms with Crippen LogP contribution in [0.3, 0.4) is 0 Å². The third-order valence-electron chi connectivity index (χ3n) is 5.46. The number of sulfonamides is 1. The number of ether oxygens (including phenoxy) is 1. The number of likely N-dealkylation sites (N-methyl/N-ethyl adjacent to an activating group) is 1. The molecule has 0 unspecified atom stereocenters. The number of anilines is 1. The molecule has 0 amide bonds. The van der Waals surface area contributed by atoms with Crippen molar-refractivity contribution in [3.05, 3.63) is 54.1 Å². The summed E-state index contributed by atoms with van der Waals surface area (Å²) < 4.78 is 33.3. The smallest absolute Gasteiger partial charge is 0.240 e. The Morgan fingerprint density at radius 1 is 0.968 bits per heavy atom. The van der Waals surface area contributed by atoms with E-state index in [2.05, 4.69) is 59.7 Å². The topological polar surface area (TPSA) is 61.9 Å². The number of rotatable bonds is 10.